The molecule has 3 heterocycles. The molecule has 0 saturated heterocycles. The SMILES string of the molecule is Cn1ncc2c(=S)n3c(nc21)SCC3. The Morgan fingerprint density at radius 1 is 1.57 bits per heavy atom. The Kier molecular flexibility index (Phi) is 1.69. The zero-order valence-electron chi connectivity index (χ0n) is 7.60. The van der Waals surface area contributed by atoms with Crippen LogP contribution in [0.2, 0.25) is 0 Å². The van der Waals surface area contributed by atoms with Crippen LogP contribution in [0.15, 0.2) is 11.4 Å². The van der Waals surface area contributed by atoms with Crippen molar-refractivity contribution in [3.63, 3.8) is 0 Å². The molecule has 0 saturated carbocycles. The summed E-state index contributed by atoms with van der Waals surface area (Å²) in [6.45, 7) is 0.969. The number of fused-ring (bicyclic) bond motifs is 2. The van der Waals surface area contributed by atoms with Gasteiger partial charge in [-0.3, -0.25) is 4.68 Å². The van der Waals surface area contributed by atoms with E-state index in [1.54, 1.807) is 22.6 Å². The number of thioether (sulfide) groups is 1. The normalized spacial score (nSPS) is 14.9. The lowest BCUT2D eigenvalue weighted by Crippen LogP contribution is -2.01. The summed E-state index contributed by atoms with van der Waals surface area (Å²) in [6.07, 6.45) is 1.79. The number of hydrogen-bond acceptors (Lipinski definition) is 4. The van der Waals surface area contributed by atoms with Crippen molar-refractivity contribution in [1.29, 1.82) is 0 Å². The summed E-state index contributed by atoms with van der Waals surface area (Å²) in [5.41, 5.74) is 0.885. The van der Waals surface area contributed by atoms with Gasteiger partial charge in [-0.2, -0.15) is 5.10 Å². The summed E-state index contributed by atoms with van der Waals surface area (Å²) in [4.78, 5) is 4.54. The van der Waals surface area contributed by atoms with Crippen LogP contribution in [0.4, 0.5) is 0 Å². The van der Waals surface area contributed by atoms with E-state index in [4.69, 9.17) is 12.2 Å². The lowest BCUT2D eigenvalue weighted by Gasteiger charge is -2.02. The molecule has 0 N–H and O–H groups in total. The molecular weight excluding hydrogens is 216 g/mol. The standard InChI is InChI=1S/C8H8N4S2/c1-11-6-5(4-9-11)7(13)12-2-3-14-8(12)10-6/h4H,2-3H2,1H3. The van der Waals surface area contributed by atoms with E-state index >= 15 is 0 Å². The van der Waals surface area contributed by atoms with Gasteiger partial charge in [0.25, 0.3) is 0 Å². The summed E-state index contributed by atoms with van der Waals surface area (Å²) < 4.78 is 4.72. The zero-order valence-corrected chi connectivity index (χ0v) is 9.23. The first-order chi connectivity index (χ1) is 6.77. The third-order valence-corrected chi connectivity index (χ3v) is 3.76. The zero-order chi connectivity index (χ0) is 9.71. The van der Waals surface area contributed by atoms with Crippen LogP contribution in [0, 0.1) is 4.64 Å². The van der Waals surface area contributed by atoms with Crippen molar-refractivity contribution in [3.8, 4) is 0 Å². The Morgan fingerprint density at radius 2 is 2.43 bits per heavy atom. The number of hydrogen-bond donors (Lipinski definition) is 0. The molecule has 14 heavy (non-hydrogen) atoms. The summed E-state index contributed by atoms with van der Waals surface area (Å²) in [5, 5.41) is 6.16. The fourth-order valence-electron chi connectivity index (χ4n) is 1.63. The maximum Gasteiger partial charge on any atom is 0.171 e. The highest BCUT2D eigenvalue weighted by Crippen LogP contribution is 2.26. The molecule has 72 valence electrons. The quantitative estimate of drug-likeness (QED) is 0.503. The highest BCUT2D eigenvalue weighted by Gasteiger charge is 2.16. The molecule has 4 nitrogen and oxygen atoms in total. The Balaban J connectivity index is 2.52. The van der Waals surface area contributed by atoms with Gasteiger partial charge >= 0.3 is 0 Å². The van der Waals surface area contributed by atoms with Crippen LogP contribution in [0.25, 0.3) is 11.0 Å². The molecule has 0 atom stereocenters. The first kappa shape index (κ1) is 8.43. The van der Waals surface area contributed by atoms with E-state index < -0.39 is 0 Å². The van der Waals surface area contributed by atoms with Crippen molar-refractivity contribution in [3.05, 3.63) is 10.8 Å². The summed E-state index contributed by atoms with van der Waals surface area (Å²) >= 11 is 7.14. The molecule has 0 radical (unpaired) electrons. The van der Waals surface area contributed by atoms with E-state index in [9.17, 15) is 0 Å². The first-order valence-electron chi connectivity index (χ1n) is 4.33. The van der Waals surface area contributed by atoms with E-state index in [2.05, 4.69) is 14.6 Å². The average Bonchev–Trinajstić information content (AvgIpc) is 2.75. The minimum Gasteiger partial charge on any atom is -0.310 e. The fraction of sp³-hybridized carbons (Fsp3) is 0.375. The van der Waals surface area contributed by atoms with Crippen molar-refractivity contribution in [2.75, 3.05) is 5.75 Å². The maximum atomic E-state index is 5.39. The van der Waals surface area contributed by atoms with E-state index in [1.165, 1.54) is 0 Å². The molecule has 0 spiro atoms. The second-order valence-corrected chi connectivity index (χ2v) is 4.65. The molecule has 1 aliphatic heterocycles. The van der Waals surface area contributed by atoms with Crippen LogP contribution in [0.1, 0.15) is 0 Å². The van der Waals surface area contributed by atoms with Gasteiger partial charge < -0.3 is 4.57 Å². The Bertz CT molecular complexity index is 568. The minimum absolute atomic E-state index is 0.864. The molecule has 0 bridgehead atoms. The lowest BCUT2D eigenvalue weighted by atomic mass is 10.4. The molecule has 2 aromatic rings. The van der Waals surface area contributed by atoms with Crippen LogP contribution >= 0.6 is 24.0 Å². The second kappa shape index (κ2) is 2.80. The number of nitrogens with zero attached hydrogens (tertiary/aromatic N) is 4. The molecule has 3 rings (SSSR count). The Labute approximate surface area is 89.9 Å². The van der Waals surface area contributed by atoms with Crippen molar-refractivity contribution < 1.29 is 0 Å². The third kappa shape index (κ3) is 0.978. The molecule has 2 aromatic heterocycles. The van der Waals surface area contributed by atoms with Gasteiger partial charge in [-0.25, -0.2) is 4.98 Å². The number of aromatic nitrogens is 4. The molecule has 1 aliphatic rings. The van der Waals surface area contributed by atoms with Gasteiger partial charge in [-0.15, -0.1) is 0 Å². The van der Waals surface area contributed by atoms with Gasteiger partial charge in [0, 0.05) is 19.3 Å². The van der Waals surface area contributed by atoms with Crippen LogP contribution in [0.5, 0.6) is 0 Å². The second-order valence-electron chi connectivity index (χ2n) is 3.21. The summed E-state index contributed by atoms with van der Waals surface area (Å²) in [7, 11) is 1.89. The molecular formula is C8H8N4S2. The van der Waals surface area contributed by atoms with Gasteiger partial charge in [-0.1, -0.05) is 24.0 Å². The van der Waals surface area contributed by atoms with Crippen molar-refractivity contribution in [2.45, 2.75) is 11.7 Å². The Hall–Kier alpha value is -0.880. The Morgan fingerprint density at radius 3 is 3.29 bits per heavy atom. The number of aryl methyl sites for hydroxylation is 1. The van der Waals surface area contributed by atoms with Gasteiger partial charge in [0.2, 0.25) is 0 Å². The van der Waals surface area contributed by atoms with Gasteiger partial charge in [0.05, 0.1) is 11.6 Å². The van der Waals surface area contributed by atoms with E-state index in [1.807, 2.05) is 7.05 Å². The van der Waals surface area contributed by atoms with Crippen LogP contribution in [-0.4, -0.2) is 25.1 Å². The van der Waals surface area contributed by atoms with Gasteiger partial charge in [0.15, 0.2) is 10.8 Å². The van der Waals surface area contributed by atoms with Crippen molar-refractivity contribution in [1.82, 2.24) is 19.3 Å². The minimum atomic E-state index is 0.864. The third-order valence-electron chi connectivity index (χ3n) is 2.36. The molecule has 0 aliphatic carbocycles. The van der Waals surface area contributed by atoms with E-state index in [-0.39, 0.29) is 0 Å². The first-order valence-corrected chi connectivity index (χ1v) is 5.72. The fourth-order valence-corrected chi connectivity index (χ4v) is 2.96. The highest BCUT2D eigenvalue weighted by atomic mass is 32.2. The summed E-state index contributed by atoms with van der Waals surface area (Å²) in [5.74, 6) is 1.07. The van der Waals surface area contributed by atoms with Gasteiger partial charge in [-0.05, 0) is 0 Å². The summed E-state index contributed by atoms with van der Waals surface area (Å²) in [6, 6.07) is 0. The number of rotatable bonds is 0. The smallest absolute Gasteiger partial charge is 0.171 e. The molecule has 0 fully saturated rings. The monoisotopic (exact) mass is 224 g/mol. The highest BCUT2D eigenvalue weighted by molar-refractivity contribution is 7.99. The maximum absolute atomic E-state index is 5.39. The van der Waals surface area contributed by atoms with Crippen molar-refractivity contribution in [2.24, 2.45) is 7.05 Å². The molecule has 0 unspecified atom stereocenters. The predicted molar refractivity (Wildman–Crippen MR) is 58.1 cm³/mol. The molecule has 0 aromatic carbocycles. The van der Waals surface area contributed by atoms with Crippen LogP contribution in [-0.2, 0) is 13.6 Å². The van der Waals surface area contributed by atoms with Crippen LogP contribution < -0.4 is 0 Å². The topological polar surface area (TPSA) is 35.6 Å². The lowest BCUT2D eigenvalue weighted by molar-refractivity contribution is 0.676. The van der Waals surface area contributed by atoms with Crippen LogP contribution in [0.3, 0.4) is 0 Å². The van der Waals surface area contributed by atoms with E-state index in [0.717, 1.165) is 33.1 Å². The predicted octanol–water partition coefficient (Wildman–Crippen LogP) is 1.60. The average molecular weight is 224 g/mol. The van der Waals surface area contributed by atoms with Gasteiger partial charge in [0.1, 0.15) is 4.64 Å². The van der Waals surface area contributed by atoms with Crippen molar-refractivity contribution >= 4 is 35.0 Å². The molecule has 0 amide bonds. The largest absolute Gasteiger partial charge is 0.310 e. The molecule has 6 heteroatoms. The van der Waals surface area contributed by atoms with E-state index in [0.29, 0.717) is 0 Å².